The van der Waals surface area contributed by atoms with E-state index in [2.05, 4.69) is 0 Å². The second-order valence-corrected chi connectivity index (χ2v) is 5.72. The molecule has 0 unspecified atom stereocenters. The zero-order valence-corrected chi connectivity index (χ0v) is 14.0. The summed E-state index contributed by atoms with van der Waals surface area (Å²) in [6.45, 7) is 0. The molecule has 0 aromatic heterocycles. The summed E-state index contributed by atoms with van der Waals surface area (Å²) in [5, 5.41) is 12.7. The number of fused-ring (bicyclic) bond motifs is 1. The van der Waals surface area contributed by atoms with E-state index in [9.17, 15) is 10.1 Å². The van der Waals surface area contributed by atoms with Gasteiger partial charge in [-0.1, -0.05) is 47.5 Å². The molecular formula is C17H11Cl2NO4. The van der Waals surface area contributed by atoms with Crippen LogP contribution in [0.2, 0.25) is 10.0 Å². The van der Waals surface area contributed by atoms with Gasteiger partial charge in [0, 0.05) is 22.9 Å². The molecule has 0 aliphatic rings. The number of nitro benzene ring substituents is 1. The standard InChI is InChI=1S/C17H11Cl2NO4/c1-23-15-6-7-16(12-5-3-2-4-11(12)15)24-17-13(18)8-10(20(21)22)9-14(17)19/h2-9H,1H3. The third-order valence-corrected chi connectivity index (χ3v) is 4.03. The maximum absolute atomic E-state index is 10.9. The number of methoxy groups -OCH3 is 1. The molecule has 3 rings (SSSR count). The van der Waals surface area contributed by atoms with Crippen LogP contribution < -0.4 is 9.47 Å². The van der Waals surface area contributed by atoms with Gasteiger partial charge in [0.1, 0.15) is 11.5 Å². The van der Waals surface area contributed by atoms with Crippen molar-refractivity contribution in [1.29, 1.82) is 0 Å². The largest absolute Gasteiger partial charge is 0.496 e. The molecule has 7 heteroatoms. The number of rotatable bonds is 4. The van der Waals surface area contributed by atoms with Crippen LogP contribution in [0.4, 0.5) is 5.69 Å². The van der Waals surface area contributed by atoms with E-state index in [-0.39, 0.29) is 21.5 Å². The van der Waals surface area contributed by atoms with Gasteiger partial charge in [0.25, 0.3) is 5.69 Å². The Balaban J connectivity index is 2.10. The summed E-state index contributed by atoms with van der Waals surface area (Å²) in [5.41, 5.74) is -0.197. The van der Waals surface area contributed by atoms with Gasteiger partial charge in [-0.05, 0) is 12.1 Å². The van der Waals surface area contributed by atoms with Crippen LogP contribution >= 0.6 is 23.2 Å². The summed E-state index contributed by atoms with van der Waals surface area (Å²) in [6.07, 6.45) is 0. The second-order valence-electron chi connectivity index (χ2n) is 4.91. The van der Waals surface area contributed by atoms with Crippen molar-refractivity contribution in [3.63, 3.8) is 0 Å². The minimum absolute atomic E-state index is 0.0640. The molecule has 3 aromatic carbocycles. The summed E-state index contributed by atoms with van der Waals surface area (Å²) in [5.74, 6) is 1.39. The normalized spacial score (nSPS) is 10.6. The maximum atomic E-state index is 10.9. The van der Waals surface area contributed by atoms with E-state index in [1.165, 1.54) is 12.1 Å². The van der Waals surface area contributed by atoms with Gasteiger partial charge in [-0.2, -0.15) is 0 Å². The van der Waals surface area contributed by atoms with Gasteiger partial charge in [0.05, 0.1) is 22.1 Å². The van der Waals surface area contributed by atoms with E-state index in [1.54, 1.807) is 19.2 Å². The van der Waals surface area contributed by atoms with Crippen LogP contribution in [-0.2, 0) is 0 Å². The summed E-state index contributed by atoms with van der Waals surface area (Å²) >= 11 is 12.2. The van der Waals surface area contributed by atoms with Crippen LogP contribution in [0.3, 0.4) is 0 Å². The third-order valence-electron chi connectivity index (χ3n) is 3.47. The van der Waals surface area contributed by atoms with Gasteiger partial charge >= 0.3 is 0 Å². The lowest BCUT2D eigenvalue weighted by Gasteiger charge is -2.13. The van der Waals surface area contributed by atoms with Gasteiger partial charge in [0.2, 0.25) is 0 Å². The molecule has 0 aliphatic heterocycles. The van der Waals surface area contributed by atoms with Crippen LogP contribution in [0.25, 0.3) is 10.8 Å². The molecule has 3 aromatic rings. The van der Waals surface area contributed by atoms with Crippen molar-refractivity contribution in [1.82, 2.24) is 0 Å². The highest BCUT2D eigenvalue weighted by atomic mass is 35.5. The van der Waals surface area contributed by atoms with E-state index < -0.39 is 4.92 Å². The molecule has 0 saturated heterocycles. The van der Waals surface area contributed by atoms with Crippen molar-refractivity contribution in [2.24, 2.45) is 0 Å². The maximum Gasteiger partial charge on any atom is 0.272 e. The smallest absolute Gasteiger partial charge is 0.272 e. The van der Waals surface area contributed by atoms with Gasteiger partial charge in [-0.3, -0.25) is 10.1 Å². The van der Waals surface area contributed by atoms with Crippen molar-refractivity contribution in [3.05, 3.63) is 68.7 Å². The average Bonchev–Trinajstić information content (AvgIpc) is 2.57. The first kappa shape index (κ1) is 16.4. The molecular weight excluding hydrogens is 353 g/mol. The highest BCUT2D eigenvalue weighted by Gasteiger charge is 2.17. The highest BCUT2D eigenvalue weighted by Crippen LogP contribution is 2.42. The molecule has 0 bridgehead atoms. The minimum atomic E-state index is -0.565. The van der Waals surface area contributed by atoms with Crippen LogP contribution in [0.15, 0.2) is 48.5 Å². The number of non-ortho nitro benzene ring substituents is 1. The Morgan fingerprint density at radius 1 is 0.958 bits per heavy atom. The molecule has 0 amide bonds. The zero-order chi connectivity index (χ0) is 17.3. The summed E-state index contributed by atoms with van der Waals surface area (Å²) in [4.78, 5) is 10.3. The zero-order valence-electron chi connectivity index (χ0n) is 12.5. The number of halogens is 2. The lowest BCUT2D eigenvalue weighted by atomic mass is 10.1. The van der Waals surface area contributed by atoms with Gasteiger partial charge < -0.3 is 9.47 Å². The van der Waals surface area contributed by atoms with Crippen LogP contribution in [0, 0.1) is 10.1 Å². The molecule has 5 nitrogen and oxygen atoms in total. The SMILES string of the molecule is COc1ccc(Oc2c(Cl)cc([N+](=O)[O-])cc2Cl)c2ccccc12. The summed E-state index contributed by atoms with van der Waals surface area (Å²) in [7, 11) is 1.59. The van der Waals surface area contributed by atoms with E-state index in [1.807, 2.05) is 24.3 Å². The van der Waals surface area contributed by atoms with Crippen LogP contribution in [0.1, 0.15) is 0 Å². The molecule has 0 heterocycles. The first-order chi connectivity index (χ1) is 11.5. The van der Waals surface area contributed by atoms with Gasteiger partial charge in [-0.25, -0.2) is 0 Å². The third kappa shape index (κ3) is 2.96. The van der Waals surface area contributed by atoms with Crippen molar-refractivity contribution >= 4 is 39.7 Å². The van der Waals surface area contributed by atoms with E-state index in [0.29, 0.717) is 11.5 Å². The molecule has 0 N–H and O–H groups in total. The molecule has 0 atom stereocenters. The lowest BCUT2D eigenvalue weighted by molar-refractivity contribution is -0.384. The van der Waals surface area contributed by atoms with E-state index in [0.717, 1.165) is 10.8 Å². The fraction of sp³-hybridized carbons (Fsp3) is 0.0588. The molecule has 0 radical (unpaired) electrons. The van der Waals surface area contributed by atoms with Gasteiger partial charge in [0.15, 0.2) is 5.75 Å². The Bertz CT molecular complexity index is 920. The predicted octanol–water partition coefficient (Wildman–Crippen LogP) is 5.86. The van der Waals surface area contributed by atoms with Crippen molar-refractivity contribution < 1.29 is 14.4 Å². The molecule has 0 spiro atoms. The average molecular weight is 364 g/mol. The number of hydrogen-bond acceptors (Lipinski definition) is 4. The monoisotopic (exact) mass is 363 g/mol. The van der Waals surface area contributed by atoms with Crippen molar-refractivity contribution in [2.45, 2.75) is 0 Å². The number of nitro groups is 1. The molecule has 0 saturated carbocycles. The van der Waals surface area contributed by atoms with Gasteiger partial charge in [-0.15, -0.1) is 0 Å². The fourth-order valence-electron chi connectivity index (χ4n) is 2.37. The number of ether oxygens (including phenoxy) is 2. The molecule has 0 fully saturated rings. The molecule has 24 heavy (non-hydrogen) atoms. The fourth-order valence-corrected chi connectivity index (χ4v) is 2.92. The minimum Gasteiger partial charge on any atom is -0.496 e. The Labute approximate surface area is 147 Å². The number of hydrogen-bond donors (Lipinski definition) is 0. The Morgan fingerprint density at radius 3 is 2.04 bits per heavy atom. The molecule has 122 valence electrons. The van der Waals surface area contributed by atoms with E-state index >= 15 is 0 Å². The Kier molecular flexibility index (Phi) is 4.46. The van der Waals surface area contributed by atoms with Crippen LogP contribution in [-0.4, -0.2) is 12.0 Å². The van der Waals surface area contributed by atoms with Crippen LogP contribution in [0.5, 0.6) is 17.2 Å². The Morgan fingerprint density at radius 2 is 1.50 bits per heavy atom. The summed E-state index contributed by atoms with van der Waals surface area (Å²) in [6, 6.07) is 13.4. The lowest BCUT2D eigenvalue weighted by Crippen LogP contribution is -1.93. The number of nitrogens with zero attached hydrogens (tertiary/aromatic N) is 1. The predicted molar refractivity (Wildman–Crippen MR) is 93.7 cm³/mol. The highest BCUT2D eigenvalue weighted by molar-refractivity contribution is 6.37. The summed E-state index contributed by atoms with van der Waals surface area (Å²) < 4.78 is 11.2. The van der Waals surface area contributed by atoms with Crippen molar-refractivity contribution in [2.75, 3.05) is 7.11 Å². The van der Waals surface area contributed by atoms with Crippen molar-refractivity contribution in [3.8, 4) is 17.2 Å². The second kappa shape index (κ2) is 6.55. The Hall–Kier alpha value is -2.50. The van der Waals surface area contributed by atoms with E-state index in [4.69, 9.17) is 32.7 Å². The topological polar surface area (TPSA) is 61.6 Å². The first-order valence-electron chi connectivity index (χ1n) is 6.88. The molecule has 0 aliphatic carbocycles. The quantitative estimate of drug-likeness (QED) is 0.430. The first-order valence-corrected chi connectivity index (χ1v) is 7.64. The number of benzene rings is 3.